The van der Waals surface area contributed by atoms with Gasteiger partial charge in [-0.25, -0.2) is 13.4 Å². The summed E-state index contributed by atoms with van der Waals surface area (Å²) in [7, 11) is -0.263. The molecule has 0 aliphatic rings. The number of amidine groups is 1. The Morgan fingerprint density at radius 2 is 1.98 bits per heavy atom. The molecule has 0 aliphatic heterocycles. The quantitative estimate of drug-likeness (QED) is 0.0979. The number of ether oxygens (including phenoxy) is 1. The smallest absolute Gasteiger partial charge is 0.264 e. The van der Waals surface area contributed by atoms with Gasteiger partial charge in [0.25, 0.3) is 5.89 Å². The number of pyridine rings is 2. The third-order valence-electron chi connectivity index (χ3n) is 5.53. The molecule has 0 spiro atoms. The number of nitrogens with zero attached hydrogens (tertiary/aromatic N) is 6. The molecule has 0 radical (unpaired) electrons. The number of rotatable bonds is 9. The number of para-hydroxylation sites is 1. The van der Waals surface area contributed by atoms with Crippen LogP contribution in [0, 0.1) is 0 Å². The molecule has 3 N–H and O–H groups in total. The van der Waals surface area contributed by atoms with Crippen LogP contribution in [0.5, 0.6) is 5.88 Å². The maximum absolute atomic E-state index is 11.9. The van der Waals surface area contributed by atoms with Crippen LogP contribution in [0.2, 0.25) is 5.02 Å². The zero-order valence-electron chi connectivity index (χ0n) is 21.7. The molecule has 0 aliphatic carbocycles. The summed E-state index contributed by atoms with van der Waals surface area (Å²) >= 11 is 6.55. The highest BCUT2D eigenvalue weighted by atomic mass is 35.5. The average molecular weight is 581 g/mol. The average Bonchev–Trinajstić information content (AvgIpc) is 3.45. The summed E-state index contributed by atoms with van der Waals surface area (Å²) in [6, 6.07) is 13.3. The van der Waals surface area contributed by atoms with Crippen LogP contribution in [0.1, 0.15) is 11.6 Å². The van der Waals surface area contributed by atoms with E-state index < -0.39 is 9.84 Å². The fourth-order valence-electron chi connectivity index (χ4n) is 3.58. The SMILES string of the molecule is C=C(/C=C(/NC)c1nnc(-c2ccnc(OC)c2)o1)N(/C(=N\N)c1ccc(S(C)(=O)=O)cn1)c1ccccc1Cl. The highest BCUT2D eigenvalue weighted by Crippen LogP contribution is 2.31. The molecule has 0 atom stereocenters. The van der Waals surface area contributed by atoms with Crippen molar-refractivity contribution in [2.45, 2.75) is 4.90 Å². The second-order valence-electron chi connectivity index (χ2n) is 8.19. The van der Waals surface area contributed by atoms with Gasteiger partial charge in [0.15, 0.2) is 15.7 Å². The summed E-state index contributed by atoms with van der Waals surface area (Å²) in [4.78, 5) is 9.98. The van der Waals surface area contributed by atoms with Crippen LogP contribution >= 0.6 is 11.6 Å². The summed E-state index contributed by atoms with van der Waals surface area (Å²) < 4.78 is 34.9. The zero-order valence-corrected chi connectivity index (χ0v) is 23.3. The molecule has 0 bridgehead atoms. The van der Waals surface area contributed by atoms with E-state index in [1.165, 1.54) is 25.4 Å². The Bertz CT molecular complexity index is 1700. The summed E-state index contributed by atoms with van der Waals surface area (Å²) in [5.41, 5.74) is 2.18. The number of sulfone groups is 1. The first-order valence-electron chi connectivity index (χ1n) is 11.6. The normalized spacial score (nSPS) is 12.2. The molecular weight excluding hydrogens is 556 g/mol. The van der Waals surface area contributed by atoms with Gasteiger partial charge in [0.05, 0.1) is 22.7 Å². The van der Waals surface area contributed by atoms with Gasteiger partial charge >= 0.3 is 0 Å². The van der Waals surface area contributed by atoms with Crippen LogP contribution in [0.3, 0.4) is 0 Å². The Morgan fingerprint density at radius 3 is 2.60 bits per heavy atom. The molecular formula is C26H25ClN8O4S. The van der Waals surface area contributed by atoms with Gasteiger partial charge < -0.3 is 20.3 Å². The number of anilines is 1. The van der Waals surface area contributed by atoms with Crippen LogP contribution in [-0.4, -0.2) is 54.8 Å². The highest BCUT2D eigenvalue weighted by Gasteiger charge is 2.23. The van der Waals surface area contributed by atoms with Gasteiger partial charge in [0.1, 0.15) is 11.4 Å². The minimum absolute atomic E-state index is 0.0483. The Balaban J connectivity index is 1.75. The van der Waals surface area contributed by atoms with Crippen LogP contribution in [0.4, 0.5) is 5.69 Å². The van der Waals surface area contributed by atoms with Crippen LogP contribution < -0.4 is 20.8 Å². The number of benzene rings is 1. The predicted octanol–water partition coefficient (Wildman–Crippen LogP) is 3.49. The molecule has 40 heavy (non-hydrogen) atoms. The maximum Gasteiger partial charge on any atom is 0.264 e. The van der Waals surface area contributed by atoms with E-state index in [2.05, 4.69) is 37.2 Å². The van der Waals surface area contributed by atoms with Crippen molar-refractivity contribution in [3.05, 3.63) is 95.9 Å². The number of aromatic nitrogens is 4. The Kier molecular flexibility index (Phi) is 8.46. The number of hydrogen-bond donors (Lipinski definition) is 2. The molecule has 0 saturated carbocycles. The molecule has 12 nitrogen and oxygen atoms in total. The topological polar surface area (TPSA) is 162 Å². The fraction of sp³-hybridized carbons (Fsp3) is 0.115. The largest absolute Gasteiger partial charge is 0.481 e. The molecule has 1 aromatic carbocycles. The van der Waals surface area contributed by atoms with Crippen molar-refractivity contribution in [2.24, 2.45) is 10.9 Å². The van der Waals surface area contributed by atoms with Crippen molar-refractivity contribution >= 4 is 38.7 Å². The van der Waals surface area contributed by atoms with Gasteiger partial charge in [-0.3, -0.25) is 9.88 Å². The van der Waals surface area contributed by atoms with E-state index in [1.54, 1.807) is 60.6 Å². The number of hydrogen-bond acceptors (Lipinski definition) is 11. The summed E-state index contributed by atoms with van der Waals surface area (Å²) in [5.74, 6) is 6.82. The van der Waals surface area contributed by atoms with E-state index in [-0.39, 0.29) is 28.2 Å². The van der Waals surface area contributed by atoms with E-state index in [9.17, 15) is 8.42 Å². The van der Waals surface area contributed by atoms with Crippen molar-refractivity contribution in [1.29, 1.82) is 0 Å². The van der Waals surface area contributed by atoms with E-state index in [1.807, 2.05) is 0 Å². The first-order chi connectivity index (χ1) is 19.2. The van der Waals surface area contributed by atoms with Gasteiger partial charge in [-0.15, -0.1) is 10.2 Å². The van der Waals surface area contributed by atoms with E-state index in [0.717, 1.165) is 6.26 Å². The third-order valence-corrected chi connectivity index (χ3v) is 6.95. The number of methoxy groups -OCH3 is 1. The molecule has 4 rings (SSSR count). The lowest BCUT2D eigenvalue weighted by Gasteiger charge is -2.27. The Labute approximate surface area is 235 Å². The standard InChI is InChI=1S/C26H25ClN8O4S/c1-16(13-21(29-2)26-34-33-25(39-26)17-11-12-30-23(14-17)38-3)35(22-8-6-5-7-19(22)27)24(32-28)20-10-9-18(15-31-20)40(4,36)37/h5-15,29H,1,28H2,2-4H3/b21-13+,32-24-. The molecule has 0 fully saturated rings. The maximum atomic E-state index is 11.9. The van der Waals surface area contributed by atoms with Crippen molar-refractivity contribution in [3.8, 4) is 17.3 Å². The van der Waals surface area contributed by atoms with Crippen LogP contribution in [-0.2, 0) is 9.84 Å². The molecule has 206 valence electrons. The first-order valence-corrected chi connectivity index (χ1v) is 13.8. The fourth-order valence-corrected chi connectivity index (χ4v) is 4.36. The van der Waals surface area contributed by atoms with Crippen LogP contribution in [0.25, 0.3) is 17.2 Å². The van der Waals surface area contributed by atoms with Crippen LogP contribution in [0.15, 0.2) is 93.7 Å². The Hall–Kier alpha value is -4.75. The van der Waals surface area contributed by atoms with Gasteiger partial charge in [0, 0.05) is 43.0 Å². The molecule has 4 aromatic rings. The van der Waals surface area contributed by atoms with Gasteiger partial charge in [-0.05, 0) is 36.4 Å². The minimum atomic E-state index is -3.46. The second-order valence-corrected chi connectivity index (χ2v) is 10.6. The van der Waals surface area contributed by atoms with Gasteiger partial charge in [0.2, 0.25) is 11.8 Å². The first kappa shape index (κ1) is 28.3. The van der Waals surface area contributed by atoms with E-state index in [4.69, 9.17) is 26.6 Å². The van der Waals surface area contributed by atoms with Gasteiger partial charge in [-0.1, -0.05) is 30.3 Å². The number of allylic oxidation sites excluding steroid dienone is 1. The number of halogens is 1. The molecule has 3 aromatic heterocycles. The predicted molar refractivity (Wildman–Crippen MR) is 152 cm³/mol. The van der Waals surface area contributed by atoms with E-state index >= 15 is 0 Å². The monoisotopic (exact) mass is 580 g/mol. The minimum Gasteiger partial charge on any atom is -0.481 e. The Morgan fingerprint density at radius 1 is 1.20 bits per heavy atom. The second kappa shape index (κ2) is 12.0. The van der Waals surface area contributed by atoms with E-state index in [0.29, 0.717) is 33.5 Å². The lowest BCUT2D eigenvalue weighted by atomic mass is 10.2. The molecule has 14 heteroatoms. The van der Waals surface area contributed by atoms with Crippen molar-refractivity contribution in [1.82, 2.24) is 25.5 Å². The lowest BCUT2D eigenvalue weighted by molar-refractivity contribution is 0.398. The summed E-state index contributed by atoms with van der Waals surface area (Å²) in [6.45, 7) is 4.20. The molecule has 0 amide bonds. The number of nitrogens with one attached hydrogen (secondary N) is 1. The summed E-state index contributed by atoms with van der Waals surface area (Å²) in [5, 5.41) is 15.7. The van der Waals surface area contributed by atoms with Crippen molar-refractivity contribution < 1.29 is 17.6 Å². The summed E-state index contributed by atoms with van der Waals surface area (Å²) in [6.07, 6.45) is 5.54. The molecule has 0 unspecified atom stereocenters. The number of hydrazone groups is 1. The third kappa shape index (κ3) is 6.11. The molecule has 3 heterocycles. The molecule has 0 saturated heterocycles. The van der Waals surface area contributed by atoms with Crippen molar-refractivity contribution in [3.63, 3.8) is 0 Å². The zero-order chi connectivity index (χ0) is 28.9. The lowest BCUT2D eigenvalue weighted by Crippen LogP contribution is -2.32. The van der Waals surface area contributed by atoms with Gasteiger partial charge in [-0.2, -0.15) is 5.10 Å². The number of nitrogens with two attached hydrogens (primary N) is 1. The highest BCUT2D eigenvalue weighted by molar-refractivity contribution is 7.90. The van der Waals surface area contributed by atoms with Crippen molar-refractivity contribution in [2.75, 3.05) is 25.3 Å².